The minimum Gasteiger partial charge on any atom is -0.550 e. The highest BCUT2D eigenvalue weighted by atomic mass is 79.9. The van der Waals surface area contributed by atoms with Crippen LogP contribution in [0.5, 0.6) is 0 Å². The van der Waals surface area contributed by atoms with Gasteiger partial charge in [-0.3, -0.25) is 4.79 Å². The van der Waals surface area contributed by atoms with Crippen molar-refractivity contribution in [2.75, 3.05) is 5.32 Å². The van der Waals surface area contributed by atoms with Crippen LogP contribution in [-0.2, 0) is 14.3 Å². The summed E-state index contributed by atoms with van der Waals surface area (Å²) in [6.07, 6.45) is 2.35. The number of carboxylic acid groups (broad SMARTS) is 1. The molecule has 1 N–H and O–H groups in total. The number of aliphatic carboxylic acids is 1. The Morgan fingerprint density at radius 1 is 1.20 bits per heavy atom. The maximum atomic E-state index is 12.3. The highest BCUT2D eigenvalue weighted by molar-refractivity contribution is 9.10. The van der Waals surface area contributed by atoms with E-state index in [2.05, 4.69) is 21.2 Å². The first-order valence-corrected chi connectivity index (χ1v) is 6.96. The Bertz CT molecular complexity index is 601. The molecule has 1 saturated heterocycles. The Labute approximate surface area is 123 Å². The predicted molar refractivity (Wildman–Crippen MR) is 72.6 cm³/mol. The second-order valence-corrected chi connectivity index (χ2v) is 5.74. The SMILES string of the molecule is O=C(Nc1cccc(Br)c1)[C@@H]1[C@@H](C(=O)[O-])[C@H]2C=C[C@@H]1O2. The first-order valence-electron chi connectivity index (χ1n) is 6.17. The predicted octanol–water partition coefficient (Wildman–Crippen LogP) is 0.707. The highest BCUT2D eigenvalue weighted by Gasteiger charge is 2.50. The third-order valence-electron chi connectivity index (χ3n) is 3.57. The van der Waals surface area contributed by atoms with E-state index in [0.717, 1.165) is 4.47 Å². The van der Waals surface area contributed by atoms with Gasteiger partial charge in [-0.05, 0) is 18.2 Å². The molecule has 4 atom stereocenters. The molecule has 2 aliphatic heterocycles. The van der Waals surface area contributed by atoms with Gasteiger partial charge in [-0.25, -0.2) is 0 Å². The van der Waals surface area contributed by atoms with E-state index in [-0.39, 0.29) is 5.91 Å². The molecule has 20 heavy (non-hydrogen) atoms. The Morgan fingerprint density at radius 3 is 2.55 bits per heavy atom. The van der Waals surface area contributed by atoms with Crippen LogP contribution in [0, 0.1) is 11.8 Å². The number of carboxylic acids is 1. The summed E-state index contributed by atoms with van der Waals surface area (Å²) in [6.45, 7) is 0. The number of amides is 1. The molecular formula is C14H11BrNO4-. The monoisotopic (exact) mass is 336 g/mol. The molecule has 1 fully saturated rings. The van der Waals surface area contributed by atoms with Gasteiger partial charge in [0.2, 0.25) is 5.91 Å². The van der Waals surface area contributed by atoms with Gasteiger partial charge >= 0.3 is 0 Å². The van der Waals surface area contributed by atoms with E-state index >= 15 is 0 Å². The molecule has 1 aromatic carbocycles. The number of ether oxygens (including phenoxy) is 1. The van der Waals surface area contributed by atoms with Crippen LogP contribution < -0.4 is 10.4 Å². The lowest BCUT2D eigenvalue weighted by molar-refractivity contribution is -0.313. The van der Waals surface area contributed by atoms with E-state index in [9.17, 15) is 14.7 Å². The minimum atomic E-state index is -1.25. The van der Waals surface area contributed by atoms with Crippen LogP contribution in [0.25, 0.3) is 0 Å². The summed E-state index contributed by atoms with van der Waals surface area (Å²) in [7, 11) is 0. The van der Waals surface area contributed by atoms with Crippen LogP contribution in [0.2, 0.25) is 0 Å². The van der Waals surface area contributed by atoms with Gasteiger partial charge in [0.25, 0.3) is 0 Å². The van der Waals surface area contributed by atoms with E-state index in [1.165, 1.54) is 0 Å². The number of carbonyl (C=O) groups excluding carboxylic acids is 2. The zero-order valence-corrected chi connectivity index (χ0v) is 11.9. The number of halogens is 1. The summed E-state index contributed by atoms with van der Waals surface area (Å²) < 4.78 is 6.27. The van der Waals surface area contributed by atoms with E-state index in [1.807, 2.05) is 6.07 Å². The van der Waals surface area contributed by atoms with Gasteiger partial charge in [0.05, 0.1) is 18.1 Å². The van der Waals surface area contributed by atoms with E-state index in [0.29, 0.717) is 5.69 Å². The topological polar surface area (TPSA) is 78.5 Å². The fourth-order valence-electron chi connectivity index (χ4n) is 2.69. The number of carbonyl (C=O) groups is 2. The molecule has 2 heterocycles. The Hall–Kier alpha value is -1.66. The molecule has 2 bridgehead atoms. The number of hydrogen-bond donors (Lipinski definition) is 1. The quantitative estimate of drug-likeness (QED) is 0.824. The molecule has 6 heteroatoms. The summed E-state index contributed by atoms with van der Waals surface area (Å²) in [5.74, 6) is -3.31. The maximum Gasteiger partial charge on any atom is 0.231 e. The van der Waals surface area contributed by atoms with Gasteiger partial charge in [0.15, 0.2) is 0 Å². The number of fused-ring (bicyclic) bond motifs is 2. The fraction of sp³-hybridized carbons (Fsp3) is 0.286. The summed E-state index contributed by atoms with van der Waals surface area (Å²) in [4.78, 5) is 23.5. The molecule has 0 saturated carbocycles. The van der Waals surface area contributed by atoms with Crippen molar-refractivity contribution in [1.29, 1.82) is 0 Å². The van der Waals surface area contributed by atoms with E-state index < -0.39 is 30.0 Å². The van der Waals surface area contributed by atoms with Crippen molar-refractivity contribution < 1.29 is 19.4 Å². The molecule has 104 valence electrons. The molecule has 3 rings (SSSR count). The van der Waals surface area contributed by atoms with Crippen LogP contribution in [0.1, 0.15) is 0 Å². The van der Waals surface area contributed by atoms with Crippen molar-refractivity contribution in [1.82, 2.24) is 0 Å². The molecule has 0 aromatic heterocycles. The van der Waals surface area contributed by atoms with E-state index in [4.69, 9.17) is 4.74 Å². The van der Waals surface area contributed by atoms with Gasteiger partial charge in [-0.15, -0.1) is 0 Å². The second-order valence-electron chi connectivity index (χ2n) is 4.82. The van der Waals surface area contributed by atoms with Gasteiger partial charge < -0.3 is 20.0 Å². The second kappa shape index (κ2) is 5.03. The molecule has 2 aliphatic rings. The first kappa shape index (κ1) is 13.3. The van der Waals surface area contributed by atoms with Crippen molar-refractivity contribution >= 4 is 33.5 Å². The summed E-state index contributed by atoms with van der Waals surface area (Å²) >= 11 is 3.31. The maximum absolute atomic E-state index is 12.3. The standard InChI is InChI=1S/C14H12BrNO4/c15-7-2-1-3-8(6-7)16-13(17)11-9-4-5-10(20-9)12(11)14(18)19/h1-6,9-12H,(H,16,17)(H,18,19)/p-1/t9-,10+,11-,12-/m0/s1. The van der Waals surface area contributed by atoms with Crippen LogP contribution in [0.3, 0.4) is 0 Å². The molecule has 0 radical (unpaired) electrons. The normalized spacial score (nSPS) is 30.4. The van der Waals surface area contributed by atoms with Gasteiger partial charge in [-0.2, -0.15) is 0 Å². The van der Waals surface area contributed by atoms with Crippen molar-refractivity contribution in [2.24, 2.45) is 11.8 Å². The number of benzene rings is 1. The average Bonchev–Trinajstić information content (AvgIpc) is 2.98. The molecule has 0 unspecified atom stereocenters. The van der Waals surface area contributed by atoms with Crippen molar-refractivity contribution in [3.8, 4) is 0 Å². The third kappa shape index (κ3) is 2.25. The number of hydrogen-bond acceptors (Lipinski definition) is 4. The van der Waals surface area contributed by atoms with Crippen molar-refractivity contribution in [3.63, 3.8) is 0 Å². The number of nitrogens with one attached hydrogen (secondary N) is 1. The van der Waals surface area contributed by atoms with Gasteiger partial charge in [0, 0.05) is 22.0 Å². The Balaban J connectivity index is 1.80. The summed E-state index contributed by atoms with van der Waals surface area (Å²) in [5, 5.41) is 13.9. The van der Waals surface area contributed by atoms with E-state index in [1.54, 1.807) is 30.4 Å². The Kier molecular flexibility index (Phi) is 3.35. The average molecular weight is 337 g/mol. The van der Waals surface area contributed by atoms with Crippen molar-refractivity contribution in [3.05, 3.63) is 40.9 Å². The summed E-state index contributed by atoms with van der Waals surface area (Å²) in [6, 6.07) is 7.10. The molecule has 0 aliphatic carbocycles. The largest absolute Gasteiger partial charge is 0.550 e. The number of anilines is 1. The zero-order chi connectivity index (χ0) is 14.3. The summed E-state index contributed by atoms with van der Waals surface area (Å²) in [5.41, 5.74) is 0.605. The molecule has 1 aromatic rings. The van der Waals surface area contributed by atoms with Crippen LogP contribution >= 0.6 is 15.9 Å². The van der Waals surface area contributed by atoms with Crippen LogP contribution in [0.4, 0.5) is 5.69 Å². The lowest BCUT2D eigenvalue weighted by atomic mass is 9.82. The molecular weight excluding hydrogens is 326 g/mol. The highest BCUT2D eigenvalue weighted by Crippen LogP contribution is 2.39. The molecule has 5 nitrogen and oxygen atoms in total. The van der Waals surface area contributed by atoms with Crippen LogP contribution in [0.15, 0.2) is 40.9 Å². The third-order valence-corrected chi connectivity index (χ3v) is 4.06. The van der Waals surface area contributed by atoms with Crippen LogP contribution in [-0.4, -0.2) is 24.1 Å². The zero-order valence-electron chi connectivity index (χ0n) is 10.3. The minimum absolute atomic E-state index is 0.367. The fourth-order valence-corrected chi connectivity index (χ4v) is 3.09. The Morgan fingerprint density at radius 2 is 1.90 bits per heavy atom. The van der Waals surface area contributed by atoms with Crippen molar-refractivity contribution in [2.45, 2.75) is 12.2 Å². The lowest BCUT2D eigenvalue weighted by Gasteiger charge is -2.24. The molecule has 0 spiro atoms. The molecule has 1 amide bonds. The first-order chi connectivity index (χ1) is 9.56. The number of rotatable bonds is 3. The lowest BCUT2D eigenvalue weighted by Crippen LogP contribution is -2.45. The van der Waals surface area contributed by atoms with Gasteiger partial charge in [-0.1, -0.05) is 34.1 Å². The smallest absolute Gasteiger partial charge is 0.231 e. The van der Waals surface area contributed by atoms with Gasteiger partial charge in [0.1, 0.15) is 0 Å².